The number of unbranched alkanes of at least 4 members (excludes halogenated alkanes) is 1. The van der Waals surface area contributed by atoms with Gasteiger partial charge in [-0.3, -0.25) is 0 Å². The van der Waals surface area contributed by atoms with Gasteiger partial charge in [0.2, 0.25) is 0 Å². The molecule has 0 atom stereocenters. The topological polar surface area (TPSA) is 3.24 Å². The van der Waals surface area contributed by atoms with E-state index in [1.807, 2.05) is 0 Å². The lowest BCUT2D eigenvalue weighted by atomic mass is 10.1. The largest absolute Gasteiger partial charge is 0.311 e. The van der Waals surface area contributed by atoms with E-state index in [0.29, 0.717) is 0 Å². The number of nitrogens with zero attached hydrogens (tertiary/aromatic N) is 1. The number of halogens is 2. The third kappa shape index (κ3) is 4.97. The average Bonchev–Trinajstić information content (AvgIpc) is 2.64. The number of rotatable bonds is 6. The van der Waals surface area contributed by atoms with E-state index in [0.717, 1.165) is 6.42 Å². The van der Waals surface area contributed by atoms with Crippen LogP contribution in [0.3, 0.4) is 0 Å². The lowest BCUT2D eigenvalue weighted by molar-refractivity contribution is 0.795. The Morgan fingerprint density at radius 3 is 1.44 bits per heavy atom. The summed E-state index contributed by atoms with van der Waals surface area (Å²) in [6.45, 7) is 2.24. The monoisotopic (exact) mass is 553 g/mol. The van der Waals surface area contributed by atoms with Gasteiger partial charge < -0.3 is 4.90 Å². The van der Waals surface area contributed by atoms with Gasteiger partial charge in [-0.05, 0) is 124 Å². The molecular formula is C22H21I2N. The number of hydrogen-bond acceptors (Lipinski definition) is 1. The first-order valence-corrected chi connectivity index (χ1v) is 10.7. The molecule has 0 heterocycles. The van der Waals surface area contributed by atoms with Crippen molar-refractivity contribution >= 4 is 62.2 Å². The predicted octanol–water partition coefficient (Wildman–Crippen LogP) is 7.71. The molecule has 0 spiro atoms. The molecule has 0 aromatic heterocycles. The Labute approximate surface area is 177 Å². The van der Waals surface area contributed by atoms with Crippen molar-refractivity contribution in [1.82, 2.24) is 0 Å². The van der Waals surface area contributed by atoms with E-state index in [1.54, 1.807) is 0 Å². The van der Waals surface area contributed by atoms with Gasteiger partial charge in [0.15, 0.2) is 0 Å². The Kier molecular flexibility index (Phi) is 6.76. The van der Waals surface area contributed by atoms with Crippen molar-refractivity contribution in [1.29, 1.82) is 0 Å². The molecule has 128 valence electrons. The van der Waals surface area contributed by atoms with Crippen LogP contribution in [0.25, 0.3) is 0 Å². The van der Waals surface area contributed by atoms with Crippen molar-refractivity contribution in [3.05, 3.63) is 85.5 Å². The van der Waals surface area contributed by atoms with Crippen LogP contribution in [0.5, 0.6) is 0 Å². The summed E-state index contributed by atoms with van der Waals surface area (Å²) in [4.78, 5) is 2.32. The second-order valence-corrected chi connectivity index (χ2v) is 8.55. The third-order valence-electron chi connectivity index (χ3n) is 4.18. The zero-order valence-electron chi connectivity index (χ0n) is 14.3. The molecule has 3 aromatic carbocycles. The molecule has 0 unspecified atom stereocenters. The van der Waals surface area contributed by atoms with Crippen molar-refractivity contribution in [3.8, 4) is 0 Å². The molecule has 0 N–H and O–H groups in total. The van der Waals surface area contributed by atoms with E-state index >= 15 is 0 Å². The van der Waals surface area contributed by atoms with Gasteiger partial charge in [-0.25, -0.2) is 0 Å². The molecule has 0 bridgehead atoms. The first-order valence-electron chi connectivity index (χ1n) is 8.57. The molecule has 0 fully saturated rings. The van der Waals surface area contributed by atoms with E-state index in [2.05, 4.69) is 130 Å². The highest BCUT2D eigenvalue weighted by Gasteiger charge is 2.12. The first kappa shape index (κ1) is 18.7. The van der Waals surface area contributed by atoms with Crippen molar-refractivity contribution in [3.63, 3.8) is 0 Å². The fourth-order valence-corrected chi connectivity index (χ4v) is 3.54. The van der Waals surface area contributed by atoms with Crippen molar-refractivity contribution in [2.45, 2.75) is 26.2 Å². The molecule has 25 heavy (non-hydrogen) atoms. The summed E-state index contributed by atoms with van der Waals surface area (Å²) in [6.07, 6.45) is 3.64. The summed E-state index contributed by atoms with van der Waals surface area (Å²) < 4.78 is 2.50. The van der Waals surface area contributed by atoms with Crippen LogP contribution in [-0.4, -0.2) is 0 Å². The van der Waals surface area contributed by atoms with Crippen molar-refractivity contribution in [2.24, 2.45) is 0 Å². The molecule has 0 aliphatic carbocycles. The minimum absolute atomic E-state index is 1.16. The van der Waals surface area contributed by atoms with E-state index in [4.69, 9.17) is 0 Å². The highest BCUT2D eigenvalue weighted by molar-refractivity contribution is 14.1. The van der Waals surface area contributed by atoms with Crippen molar-refractivity contribution < 1.29 is 0 Å². The Bertz CT molecular complexity index is 747. The van der Waals surface area contributed by atoms with Gasteiger partial charge in [-0.15, -0.1) is 0 Å². The fourth-order valence-electron chi connectivity index (χ4n) is 2.82. The van der Waals surface area contributed by atoms with E-state index in [-0.39, 0.29) is 0 Å². The molecule has 1 nitrogen and oxygen atoms in total. The van der Waals surface area contributed by atoms with Gasteiger partial charge in [-0.2, -0.15) is 0 Å². The standard InChI is InChI=1S/C22H21I2N/c1-2-3-4-17-5-11-20(12-6-17)25(21-13-7-18(23)8-14-21)22-15-9-19(24)10-16-22/h5-16H,2-4H2,1H3. The maximum atomic E-state index is 2.35. The maximum Gasteiger partial charge on any atom is 0.0462 e. The molecule has 3 rings (SSSR count). The number of hydrogen-bond donors (Lipinski definition) is 0. The van der Waals surface area contributed by atoms with Crippen LogP contribution in [0.4, 0.5) is 17.1 Å². The van der Waals surface area contributed by atoms with E-state index < -0.39 is 0 Å². The Hall–Kier alpha value is -1.08. The number of aryl methyl sites for hydroxylation is 1. The molecular weight excluding hydrogens is 532 g/mol. The average molecular weight is 553 g/mol. The van der Waals surface area contributed by atoms with E-state index in [9.17, 15) is 0 Å². The second kappa shape index (κ2) is 9.03. The lowest BCUT2D eigenvalue weighted by Gasteiger charge is -2.25. The molecule has 0 radical (unpaired) electrons. The molecule has 3 heteroatoms. The summed E-state index contributed by atoms with van der Waals surface area (Å²) >= 11 is 4.70. The quantitative estimate of drug-likeness (QED) is 0.283. The van der Waals surface area contributed by atoms with Crippen LogP contribution in [-0.2, 0) is 6.42 Å². The minimum Gasteiger partial charge on any atom is -0.311 e. The van der Waals surface area contributed by atoms with Crippen LogP contribution in [0.1, 0.15) is 25.3 Å². The molecule has 0 saturated carbocycles. The summed E-state index contributed by atoms with van der Waals surface area (Å²) in [5, 5.41) is 0. The van der Waals surface area contributed by atoms with Crippen molar-refractivity contribution in [2.75, 3.05) is 4.90 Å². The van der Waals surface area contributed by atoms with Gasteiger partial charge in [0, 0.05) is 24.2 Å². The van der Waals surface area contributed by atoms with Crippen LogP contribution < -0.4 is 4.90 Å². The highest BCUT2D eigenvalue weighted by Crippen LogP contribution is 2.35. The van der Waals surface area contributed by atoms with Gasteiger partial charge in [0.1, 0.15) is 0 Å². The minimum atomic E-state index is 1.16. The van der Waals surface area contributed by atoms with E-state index in [1.165, 1.54) is 42.6 Å². The number of benzene rings is 3. The lowest BCUT2D eigenvalue weighted by Crippen LogP contribution is -2.10. The zero-order valence-corrected chi connectivity index (χ0v) is 18.6. The Morgan fingerprint density at radius 2 is 1.04 bits per heavy atom. The maximum absolute atomic E-state index is 2.35. The fraction of sp³-hybridized carbons (Fsp3) is 0.182. The van der Waals surface area contributed by atoms with Crippen LogP contribution in [0.2, 0.25) is 0 Å². The van der Waals surface area contributed by atoms with Gasteiger partial charge >= 0.3 is 0 Å². The summed E-state index contributed by atoms with van der Waals surface area (Å²) in [6, 6.07) is 26.4. The summed E-state index contributed by atoms with van der Waals surface area (Å²) in [5.41, 5.74) is 4.98. The second-order valence-electron chi connectivity index (χ2n) is 6.06. The molecule has 3 aromatic rings. The Balaban J connectivity index is 1.98. The Morgan fingerprint density at radius 1 is 0.640 bits per heavy atom. The SMILES string of the molecule is CCCCc1ccc(N(c2ccc(I)cc2)c2ccc(I)cc2)cc1. The third-order valence-corrected chi connectivity index (χ3v) is 5.62. The smallest absolute Gasteiger partial charge is 0.0462 e. The van der Waals surface area contributed by atoms with Gasteiger partial charge in [0.25, 0.3) is 0 Å². The predicted molar refractivity (Wildman–Crippen MR) is 125 cm³/mol. The molecule has 0 aliphatic heterocycles. The van der Waals surface area contributed by atoms with Gasteiger partial charge in [-0.1, -0.05) is 25.5 Å². The zero-order chi connectivity index (χ0) is 17.6. The van der Waals surface area contributed by atoms with Crippen LogP contribution in [0.15, 0.2) is 72.8 Å². The van der Waals surface area contributed by atoms with Crippen LogP contribution >= 0.6 is 45.2 Å². The molecule has 0 aliphatic rings. The summed E-state index contributed by atoms with van der Waals surface area (Å²) in [7, 11) is 0. The molecule has 0 amide bonds. The van der Waals surface area contributed by atoms with Gasteiger partial charge in [0.05, 0.1) is 0 Å². The highest BCUT2D eigenvalue weighted by atomic mass is 127. The summed E-state index contributed by atoms with van der Waals surface area (Å²) in [5.74, 6) is 0. The van der Waals surface area contributed by atoms with Crippen LogP contribution in [0, 0.1) is 7.14 Å². The molecule has 0 saturated heterocycles. The first-order chi connectivity index (χ1) is 12.2. The number of anilines is 3. The normalized spacial score (nSPS) is 10.7.